The third-order valence-electron chi connectivity index (χ3n) is 3.60. The minimum absolute atomic E-state index is 0.0864. The van der Waals surface area contributed by atoms with Crippen molar-refractivity contribution >= 4 is 22.9 Å². The van der Waals surface area contributed by atoms with Gasteiger partial charge in [-0.15, -0.1) is 0 Å². The number of nitrogens with zero attached hydrogens (tertiary/aromatic N) is 3. The highest BCUT2D eigenvalue weighted by Crippen LogP contribution is 2.36. The van der Waals surface area contributed by atoms with E-state index in [1.165, 1.54) is 41.4 Å². The highest BCUT2D eigenvalue weighted by Gasteiger charge is 2.21. The highest BCUT2D eigenvalue weighted by molar-refractivity contribution is 5.96. The monoisotopic (exact) mass is 344 g/mol. The van der Waals surface area contributed by atoms with Crippen LogP contribution in [0.5, 0.6) is 0 Å². The van der Waals surface area contributed by atoms with E-state index in [1.807, 2.05) is 0 Å². The number of aromatic nitrogens is 1. The molecule has 8 heteroatoms. The van der Waals surface area contributed by atoms with Crippen molar-refractivity contribution in [1.82, 2.24) is 9.88 Å². The Bertz CT molecular complexity index is 878. The summed E-state index contributed by atoms with van der Waals surface area (Å²) in [6.07, 6.45) is 2.71. The summed E-state index contributed by atoms with van der Waals surface area (Å²) in [5.41, 5.74) is 6.19. The maximum absolute atomic E-state index is 14.1. The summed E-state index contributed by atoms with van der Waals surface area (Å²) < 4.78 is 14.1. The lowest BCUT2D eigenvalue weighted by molar-refractivity contribution is -0.383. The fraction of sp³-hybridized carbons (Fsp3) is 0.176. The molecule has 130 valence electrons. The van der Waals surface area contributed by atoms with Crippen LogP contribution in [-0.2, 0) is 4.79 Å². The highest BCUT2D eigenvalue weighted by atomic mass is 19.1. The standard InChI is InChI=1S/C17H17FN4O3/c1-10(7-15(23)21(2)3)11-8-12(16(19)14(9-11)22(24)25)17-13(18)5-4-6-20-17/h4-9H,19H2,1-3H3/b10-7+. The molecule has 0 saturated heterocycles. The Morgan fingerprint density at radius 2 is 2.08 bits per heavy atom. The number of allylic oxidation sites excluding steroid dienone is 1. The van der Waals surface area contributed by atoms with E-state index in [0.717, 1.165) is 0 Å². The van der Waals surface area contributed by atoms with Crippen molar-refractivity contribution in [3.63, 3.8) is 0 Å². The van der Waals surface area contributed by atoms with Gasteiger partial charge < -0.3 is 10.6 Å². The molecule has 2 rings (SSSR count). The van der Waals surface area contributed by atoms with E-state index in [0.29, 0.717) is 11.1 Å². The Morgan fingerprint density at radius 3 is 2.64 bits per heavy atom. The van der Waals surface area contributed by atoms with Gasteiger partial charge in [-0.25, -0.2) is 4.39 Å². The first-order valence-electron chi connectivity index (χ1n) is 7.31. The normalized spacial score (nSPS) is 11.3. The lowest BCUT2D eigenvalue weighted by Crippen LogP contribution is -2.19. The van der Waals surface area contributed by atoms with E-state index >= 15 is 0 Å². The number of nitro groups is 1. The summed E-state index contributed by atoms with van der Waals surface area (Å²) in [7, 11) is 3.18. The van der Waals surface area contributed by atoms with Crippen LogP contribution >= 0.6 is 0 Å². The van der Waals surface area contributed by atoms with Crippen LogP contribution in [0.1, 0.15) is 12.5 Å². The number of amides is 1. The second-order valence-corrected chi connectivity index (χ2v) is 5.61. The number of nitrogens with two attached hydrogens (primary N) is 1. The van der Waals surface area contributed by atoms with E-state index in [9.17, 15) is 19.3 Å². The van der Waals surface area contributed by atoms with Crippen molar-refractivity contribution in [1.29, 1.82) is 0 Å². The fourth-order valence-corrected chi connectivity index (χ4v) is 2.19. The van der Waals surface area contributed by atoms with Crippen LogP contribution in [0.15, 0.2) is 36.5 Å². The van der Waals surface area contributed by atoms with Crippen molar-refractivity contribution in [3.05, 3.63) is 58.0 Å². The minimum Gasteiger partial charge on any atom is -0.393 e. The van der Waals surface area contributed by atoms with Crippen LogP contribution in [0.4, 0.5) is 15.8 Å². The Hall–Kier alpha value is -3.29. The van der Waals surface area contributed by atoms with Gasteiger partial charge in [0.25, 0.3) is 5.69 Å². The van der Waals surface area contributed by atoms with Crippen molar-refractivity contribution < 1.29 is 14.1 Å². The Morgan fingerprint density at radius 1 is 1.40 bits per heavy atom. The number of nitro benzene ring substituents is 1. The summed E-state index contributed by atoms with van der Waals surface area (Å²) in [5.74, 6) is -0.922. The van der Waals surface area contributed by atoms with Gasteiger partial charge in [0.1, 0.15) is 17.2 Å². The zero-order valence-electron chi connectivity index (χ0n) is 14.0. The van der Waals surface area contributed by atoms with Crippen LogP contribution in [0.3, 0.4) is 0 Å². The number of carbonyl (C=O) groups excluding carboxylic acids is 1. The molecule has 2 aromatic rings. The molecule has 0 spiro atoms. The van der Waals surface area contributed by atoms with Crippen LogP contribution in [0.2, 0.25) is 0 Å². The van der Waals surface area contributed by atoms with Gasteiger partial charge in [0.15, 0.2) is 0 Å². The van der Waals surface area contributed by atoms with Crippen molar-refractivity contribution in [2.45, 2.75) is 6.92 Å². The molecular weight excluding hydrogens is 327 g/mol. The van der Waals surface area contributed by atoms with Gasteiger partial charge in [-0.05, 0) is 36.3 Å². The van der Waals surface area contributed by atoms with Gasteiger partial charge in [-0.1, -0.05) is 0 Å². The predicted molar refractivity (Wildman–Crippen MR) is 93.0 cm³/mol. The molecule has 0 bridgehead atoms. The summed E-state index contributed by atoms with van der Waals surface area (Å²) >= 11 is 0. The van der Waals surface area contributed by atoms with E-state index in [-0.39, 0.29) is 28.5 Å². The number of anilines is 1. The molecule has 0 aliphatic rings. The number of hydrogen-bond donors (Lipinski definition) is 1. The van der Waals surface area contributed by atoms with Crippen LogP contribution in [0, 0.1) is 15.9 Å². The van der Waals surface area contributed by atoms with Crippen LogP contribution in [-0.4, -0.2) is 34.8 Å². The van der Waals surface area contributed by atoms with Crippen LogP contribution in [0.25, 0.3) is 16.8 Å². The predicted octanol–water partition coefficient (Wildman–Crippen LogP) is 2.87. The summed E-state index contributed by atoms with van der Waals surface area (Å²) in [4.78, 5) is 27.8. The summed E-state index contributed by atoms with van der Waals surface area (Å²) in [6, 6.07) is 5.35. The third-order valence-corrected chi connectivity index (χ3v) is 3.60. The molecule has 1 heterocycles. The van der Waals surface area contributed by atoms with Gasteiger partial charge in [-0.2, -0.15) is 0 Å². The number of pyridine rings is 1. The van der Waals surface area contributed by atoms with Gasteiger partial charge in [0.2, 0.25) is 5.91 Å². The fourth-order valence-electron chi connectivity index (χ4n) is 2.19. The lowest BCUT2D eigenvalue weighted by Gasteiger charge is -2.11. The average molecular weight is 344 g/mol. The molecule has 0 aliphatic carbocycles. The number of nitrogen functional groups attached to an aromatic ring is 1. The number of rotatable bonds is 4. The summed E-state index contributed by atoms with van der Waals surface area (Å²) in [6.45, 7) is 1.63. The molecular formula is C17H17FN4O3. The molecule has 0 aliphatic heterocycles. The first-order chi connectivity index (χ1) is 11.7. The molecule has 25 heavy (non-hydrogen) atoms. The number of carbonyl (C=O) groups is 1. The SMILES string of the molecule is C/C(=C\C(=O)N(C)C)c1cc(-c2ncccc2F)c(N)c([N+](=O)[O-])c1. The number of likely N-dealkylation sites (N-methyl/N-ethyl adjacent to an activating group) is 1. The number of halogens is 1. The first-order valence-corrected chi connectivity index (χ1v) is 7.31. The van der Waals surface area contributed by atoms with Crippen molar-refractivity contribution in [2.24, 2.45) is 0 Å². The zero-order chi connectivity index (χ0) is 18.7. The average Bonchev–Trinajstić information content (AvgIpc) is 2.55. The first kappa shape index (κ1) is 18.1. The smallest absolute Gasteiger partial charge is 0.293 e. The molecule has 0 radical (unpaired) electrons. The Balaban J connectivity index is 2.70. The van der Waals surface area contributed by atoms with Crippen LogP contribution < -0.4 is 5.73 Å². The minimum atomic E-state index is -0.649. The van der Waals surface area contributed by atoms with E-state index in [4.69, 9.17) is 5.73 Å². The van der Waals surface area contributed by atoms with E-state index in [2.05, 4.69) is 4.98 Å². The Kier molecular flexibility index (Phi) is 5.11. The maximum atomic E-state index is 14.1. The second-order valence-electron chi connectivity index (χ2n) is 5.61. The third kappa shape index (κ3) is 3.79. The van der Waals surface area contributed by atoms with Gasteiger partial charge in [0.05, 0.1) is 4.92 Å². The molecule has 1 amide bonds. The molecule has 7 nitrogen and oxygen atoms in total. The largest absolute Gasteiger partial charge is 0.393 e. The maximum Gasteiger partial charge on any atom is 0.293 e. The number of benzene rings is 1. The van der Waals surface area contributed by atoms with Gasteiger partial charge >= 0.3 is 0 Å². The molecule has 2 N–H and O–H groups in total. The number of hydrogen-bond acceptors (Lipinski definition) is 5. The molecule has 0 atom stereocenters. The zero-order valence-corrected chi connectivity index (χ0v) is 14.0. The van der Waals surface area contributed by atoms with Gasteiger partial charge in [-0.3, -0.25) is 19.9 Å². The van der Waals surface area contributed by atoms with E-state index in [1.54, 1.807) is 21.0 Å². The molecule has 0 fully saturated rings. The topological polar surface area (TPSA) is 102 Å². The lowest BCUT2D eigenvalue weighted by atomic mass is 9.98. The molecule has 1 aromatic heterocycles. The van der Waals surface area contributed by atoms with Crippen molar-refractivity contribution in [3.8, 4) is 11.3 Å². The second kappa shape index (κ2) is 7.08. The molecule has 0 saturated carbocycles. The van der Waals surface area contributed by atoms with Gasteiger partial charge in [0, 0.05) is 38.0 Å². The molecule has 1 aromatic carbocycles. The van der Waals surface area contributed by atoms with E-state index < -0.39 is 10.7 Å². The Labute approximate surface area is 143 Å². The quantitative estimate of drug-likeness (QED) is 0.398. The molecule has 0 unspecified atom stereocenters. The van der Waals surface area contributed by atoms with Crippen molar-refractivity contribution in [2.75, 3.05) is 19.8 Å². The summed E-state index contributed by atoms with van der Waals surface area (Å²) in [5, 5.41) is 11.3.